The zero-order valence-corrected chi connectivity index (χ0v) is 9.32. The molecule has 0 aromatic rings. The summed E-state index contributed by atoms with van der Waals surface area (Å²) < 4.78 is 14.0. The van der Waals surface area contributed by atoms with Gasteiger partial charge in [-0.2, -0.15) is 0 Å². The van der Waals surface area contributed by atoms with Crippen molar-refractivity contribution in [3.05, 3.63) is 0 Å². The highest BCUT2D eigenvalue weighted by atomic mass is 32.3. The van der Waals surface area contributed by atoms with Gasteiger partial charge in [0.1, 0.15) is 0 Å². The lowest BCUT2D eigenvalue weighted by molar-refractivity contribution is 0.192. The predicted molar refractivity (Wildman–Crippen MR) is 55.0 cm³/mol. The van der Waals surface area contributed by atoms with E-state index < -0.39 is 10.1 Å². The van der Waals surface area contributed by atoms with Gasteiger partial charge < -0.3 is 5.32 Å². The minimum Gasteiger partial charge on any atom is -0.314 e. The number of hydrogen-bond acceptors (Lipinski definition) is 2. The van der Waals surface area contributed by atoms with Gasteiger partial charge in [0.15, 0.2) is 0 Å². The van der Waals surface area contributed by atoms with Crippen LogP contribution in [0.5, 0.6) is 0 Å². The van der Waals surface area contributed by atoms with Gasteiger partial charge in [0.2, 0.25) is 0 Å². The summed E-state index contributed by atoms with van der Waals surface area (Å²) >= 11 is 0. The molecular weight excluding hydrogens is 172 g/mol. The molecule has 0 aromatic heterocycles. The maximum Gasteiger partial charge on any atom is 0.0386 e. The second kappa shape index (κ2) is 3.09. The van der Waals surface area contributed by atoms with E-state index in [0.29, 0.717) is 0 Å². The van der Waals surface area contributed by atoms with Crippen LogP contribution in [0.2, 0.25) is 0 Å². The number of nitrogens with zero attached hydrogens (tertiary/aromatic N) is 1. The van der Waals surface area contributed by atoms with E-state index in [0.717, 1.165) is 19.6 Å². The van der Waals surface area contributed by atoms with Gasteiger partial charge in [-0.15, -0.1) is 0 Å². The molecule has 3 nitrogen and oxygen atoms in total. The third kappa shape index (κ3) is 2.06. The Bertz CT molecular complexity index is 209. The van der Waals surface area contributed by atoms with E-state index in [-0.39, 0.29) is 5.54 Å². The summed E-state index contributed by atoms with van der Waals surface area (Å²) in [4.78, 5) is 0. The molecule has 0 radical (unpaired) electrons. The van der Waals surface area contributed by atoms with Crippen LogP contribution in [0.4, 0.5) is 0 Å². The molecule has 74 valence electrons. The van der Waals surface area contributed by atoms with Crippen molar-refractivity contribution in [1.29, 1.82) is 0 Å². The topological polar surface area (TPSA) is 32.3 Å². The third-order valence-electron chi connectivity index (χ3n) is 2.34. The van der Waals surface area contributed by atoms with Crippen molar-refractivity contribution in [2.24, 2.45) is 0 Å². The van der Waals surface area contributed by atoms with Crippen LogP contribution in [0.15, 0.2) is 0 Å². The first-order chi connectivity index (χ1) is 5.34. The van der Waals surface area contributed by atoms with E-state index in [1.165, 1.54) is 0 Å². The highest BCUT2D eigenvalue weighted by Gasteiger charge is 2.33. The van der Waals surface area contributed by atoms with E-state index in [4.69, 9.17) is 0 Å². The molecule has 1 N–H and O–H groups in total. The summed E-state index contributed by atoms with van der Waals surface area (Å²) in [5, 5.41) is 3.31. The molecule has 0 saturated carbocycles. The van der Waals surface area contributed by atoms with Gasteiger partial charge in [-0.25, -0.2) is 4.31 Å². The lowest BCUT2D eigenvalue weighted by Crippen LogP contribution is -2.61. The lowest BCUT2D eigenvalue weighted by Gasteiger charge is -2.46. The molecule has 1 aliphatic heterocycles. The van der Waals surface area contributed by atoms with Crippen LogP contribution in [-0.2, 0) is 10.1 Å². The zero-order valence-electron chi connectivity index (χ0n) is 8.42. The molecule has 1 aliphatic rings. The zero-order chi connectivity index (χ0) is 9.41. The second-order valence-corrected chi connectivity index (χ2v) is 7.48. The first-order valence-corrected chi connectivity index (χ1v) is 6.93. The van der Waals surface area contributed by atoms with E-state index in [2.05, 4.69) is 23.5 Å². The second-order valence-electron chi connectivity index (χ2n) is 4.41. The molecule has 0 spiro atoms. The van der Waals surface area contributed by atoms with Gasteiger partial charge in [0, 0.05) is 37.7 Å². The predicted octanol–water partition coefficient (Wildman–Crippen LogP) is -0.139. The molecule has 0 aromatic carbocycles. The van der Waals surface area contributed by atoms with Crippen LogP contribution in [0, 0.1) is 0 Å². The average Bonchev–Trinajstić information content (AvgIpc) is 1.83. The Labute approximate surface area is 76.1 Å². The molecule has 1 heterocycles. The highest BCUT2D eigenvalue weighted by Crippen LogP contribution is 2.21. The van der Waals surface area contributed by atoms with E-state index in [9.17, 15) is 4.21 Å². The number of rotatable bonds is 1. The normalized spacial score (nSPS) is 27.0. The lowest BCUT2D eigenvalue weighted by atomic mass is 10.0. The Kier molecular flexibility index (Phi) is 2.61. The first-order valence-electron chi connectivity index (χ1n) is 4.38. The minimum absolute atomic E-state index is 0.0390. The van der Waals surface area contributed by atoms with Crippen molar-refractivity contribution in [1.82, 2.24) is 9.62 Å². The molecule has 0 bridgehead atoms. The largest absolute Gasteiger partial charge is 0.314 e. The van der Waals surface area contributed by atoms with Crippen molar-refractivity contribution in [2.45, 2.75) is 19.4 Å². The maximum atomic E-state index is 11.9. The van der Waals surface area contributed by atoms with Crippen molar-refractivity contribution >= 4 is 10.1 Å². The Balaban J connectivity index is 2.80. The van der Waals surface area contributed by atoms with Crippen LogP contribution in [0.25, 0.3) is 0 Å². The summed E-state index contributed by atoms with van der Waals surface area (Å²) in [5.41, 5.74) is 0.0390. The van der Waals surface area contributed by atoms with Crippen molar-refractivity contribution < 1.29 is 4.21 Å². The Morgan fingerprint density at radius 1 is 1.42 bits per heavy atom. The van der Waals surface area contributed by atoms with Gasteiger partial charge in [-0.05, 0) is 13.8 Å². The first kappa shape index (κ1) is 10.2. The van der Waals surface area contributed by atoms with Crippen LogP contribution < -0.4 is 5.32 Å². The SMILES string of the molecule is CC1(C)CNCCN1[SH](C)(C)=O. The van der Waals surface area contributed by atoms with Gasteiger partial charge in [0.25, 0.3) is 0 Å². The van der Waals surface area contributed by atoms with Crippen LogP contribution >= 0.6 is 0 Å². The number of hydrogen-bond donors (Lipinski definition) is 2. The average molecular weight is 192 g/mol. The van der Waals surface area contributed by atoms with Gasteiger partial charge in [-0.1, -0.05) is 10.1 Å². The van der Waals surface area contributed by atoms with Gasteiger partial charge >= 0.3 is 0 Å². The fourth-order valence-electron chi connectivity index (χ4n) is 1.87. The highest BCUT2D eigenvalue weighted by molar-refractivity contribution is 7.99. The smallest absolute Gasteiger partial charge is 0.0386 e. The van der Waals surface area contributed by atoms with E-state index >= 15 is 0 Å². The molecule has 4 heteroatoms. The summed E-state index contributed by atoms with van der Waals surface area (Å²) in [6, 6.07) is 0. The molecule has 0 aliphatic carbocycles. The number of piperazine rings is 1. The fraction of sp³-hybridized carbons (Fsp3) is 1.00. The molecule has 1 rings (SSSR count). The van der Waals surface area contributed by atoms with Gasteiger partial charge in [0.05, 0.1) is 0 Å². The Hall–Kier alpha value is 0.0700. The van der Waals surface area contributed by atoms with Crippen molar-refractivity contribution in [2.75, 3.05) is 32.1 Å². The van der Waals surface area contributed by atoms with Crippen LogP contribution in [-0.4, -0.2) is 46.2 Å². The molecule has 0 atom stereocenters. The summed E-state index contributed by atoms with van der Waals surface area (Å²) in [5.74, 6) is 0. The Morgan fingerprint density at radius 3 is 2.33 bits per heavy atom. The minimum atomic E-state index is -2.07. The molecular formula is C8H20N2OS. The van der Waals surface area contributed by atoms with Gasteiger partial charge in [-0.3, -0.25) is 4.21 Å². The summed E-state index contributed by atoms with van der Waals surface area (Å²) in [7, 11) is -2.07. The molecule has 0 amide bonds. The molecule has 12 heavy (non-hydrogen) atoms. The fourth-order valence-corrected chi connectivity index (χ4v) is 3.82. The Morgan fingerprint density at radius 2 is 2.00 bits per heavy atom. The third-order valence-corrected chi connectivity index (χ3v) is 4.24. The number of nitrogens with one attached hydrogen (secondary N) is 1. The van der Waals surface area contributed by atoms with Crippen molar-refractivity contribution in [3.8, 4) is 0 Å². The molecule has 1 saturated heterocycles. The monoisotopic (exact) mass is 192 g/mol. The maximum absolute atomic E-state index is 11.9. The van der Waals surface area contributed by atoms with Crippen LogP contribution in [0.3, 0.4) is 0 Å². The standard InChI is InChI=1S/C8H20N2OS/c1-8(2)7-9-5-6-10(8)12(3,4)11/h9,12H,5-7H2,1-4H3. The molecule has 1 fully saturated rings. The number of thiol groups is 1. The molecule has 0 unspecified atom stereocenters. The van der Waals surface area contributed by atoms with Crippen molar-refractivity contribution in [3.63, 3.8) is 0 Å². The van der Waals surface area contributed by atoms with E-state index in [1.54, 1.807) is 0 Å². The summed E-state index contributed by atoms with van der Waals surface area (Å²) in [6.45, 7) is 7.06. The summed E-state index contributed by atoms with van der Waals surface area (Å²) in [6.07, 6.45) is 3.69. The van der Waals surface area contributed by atoms with Crippen LogP contribution in [0.1, 0.15) is 13.8 Å². The van der Waals surface area contributed by atoms with E-state index in [1.807, 2.05) is 12.5 Å². The quantitative estimate of drug-likeness (QED) is 0.567.